The van der Waals surface area contributed by atoms with E-state index in [2.05, 4.69) is 36.4 Å². The maximum Gasteiger partial charge on any atom is 0.407 e. The van der Waals surface area contributed by atoms with Gasteiger partial charge in [0.25, 0.3) is 0 Å². The van der Waals surface area contributed by atoms with Gasteiger partial charge in [0.1, 0.15) is 0 Å². The second kappa shape index (κ2) is 8.49. The third-order valence-electron chi connectivity index (χ3n) is 5.74. The summed E-state index contributed by atoms with van der Waals surface area (Å²) in [5, 5.41) is 9.80. The lowest BCUT2D eigenvalue weighted by Gasteiger charge is -2.36. The van der Waals surface area contributed by atoms with Gasteiger partial charge in [0.2, 0.25) is 0 Å². The second-order valence-corrected chi connectivity index (χ2v) is 7.41. The first kappa shape index (κ1) is 19.8. The van der Waals surface area contributed by atoms with Crippen molar-refractivity contribution in [2.75, 3.05) is 20.8 Å². The molecule has 154 valence electrons. The van der Waals surface area contributed by atoms with Gasteiger partial charge in [-0.1, -0.05) is 54.6 Å². The molecule has 0 aliphatic carbocycles. The van der Waals surface area contributed by atoms with Crippen LogP contribution >= 0.6 is 0 Å². The number of hydrogen-bond acceptors (Lipinski definition) is 3. The van der Waals surface area contributed by atoms with Crippen molar-refractivity contribution in [1.82, 2.24) is 4.90 Å². The molecule has 0 saturated heterocycles. The molecule has 5 heteroatoms. The zero-order chi connectivity index (χ0) is 21.1. The number of fused-ring (bicyclic) bond motifs is 1. The molecular formula is C25H25NO4. The third-order valence-corrected chi connectivity index (χ3v) is 5.74. The molecule has 4 rings (SSSR count). The van der Waals surface area contributed by atoms with Gasteiger partial charge in [0.05, 0.1) is 20.3 Å². The molecule has 30 heavy (non-hydrogen) atoms. The number of nitrogens with zero attached hydrogens (tertiary/aromatic N) is 1. The average molecular weight is 403 g/mol. The van der Waals surface area contributed by atoms with Crippen molar-refractivity contribution in [2.24, 2.45) is 0 Å². The lowest BCUT2D eigenvalue weighted by Crippen LogP contribution is -2.40. The van der Waals surface area contributed by atoms with Crippen LogP contribution in [0.1, 0.15) is 22.7 Å². The van der Waals surface area contributed by atoms with Crippen molar-refractivity contribution in [3.05, 3.63) is 83.4 Å². The predicted octanol–water partition coefficient (Wildman–Crippen LogP) is 5.19. The van der Waals surface area contributed by atoms with Gasteiger partial charge in [-0.2, -0.15) is 0 Å². The number of rotatable bonds is 5. The highest BCUT2D eigenvalue weighted by molar-refractivity contribution is 5.67. The third kappa shape index (κ3) is 3.83. The van der Waals surface area contributed by atoms with Crippen molar-refractivity contribution in [3.63, 3.8) is 0 Å². The normalized spacial score (nSPS) is 15.4. The van der Waals surface area contributed by atoms with E-state index in [1.165, 1.54) is 4.90 Å². The predicted molar refractivity (Wildman–Crippen MR) is 116 cm³/mol. The Kier molecular flexibility index (Phi) is 5.61. The van der Waals surface area contributed by atoms with E-state index in [0.29, 0.717) is 30.9 Å². The summed E-state index contributed by atoms with van der Waals surface area (Å²) in [7, 11) is 3.21. The Hall–Kier alpha value is -3.47. The van der Waals surface area contributed by atoms with Crippen LogP contribution in [0.25, 0.3) is 11.1 Å². The van der Waals surface area contributed by atoms with Crippen molar-refractivity contribution >= 4 is 6.09 Å². The van der Waals surface area contributed by atoms with Crippen LogP contribution in [0.5, 0.6) is 11.5 Å². The summed E-state index contributed by atoms with van der Waals surface area (Å²) in [5.41, 5.74) is 5.49. The highest BCUT2D eigenvalue weighted by Crippen LogP contribution is 2.39. The quantitative estimate of drug-likeness (QED) is 0.637. The van der Waals surface area contributed by atoms with Gasteiger partial charge in [-0.3, -0.25) is 0 Å². The molecule has 0 aromatic heterocycles. The zero-order valence-electron chi connectivity index (χ0n) is 17.2. The number of benzene rings is 3. The Morgan fingerprint density at radius 2 is 1.60 bits per heavy atom. The molecular weight excluding hydrogens is 378 g/mol. The smallest absolute Gasteiger partial charge is 0.407 e. The first-order valence-corrected chi connectivity index (χ1v) is 9.99. The molecule has 1 N–H and O–H groups in total. The van der Waals surface area contributed by atoms with Crippen LogP contribution in [0.2, 0.25) is 0 Å². The number of hydrogen-bond donors (Lipinski definition) is 1. The summed E-state index contributed by atoms with van der Waals surface area (Å²) in [6, 6.07) is 22.2. The van der Waals surface area contributed by atoms with Gasteiger partial charge in [-0.05, 0) is 52.8 Å². The van der Waals surface area contributed by atoms with Crippen molar-refractivity contribution < 1.29 is 19.4 Å². The average Bonchev–Trinajstić information content (AvgIpc) is 2.79. The minimum atomic E-state index is -0.902. The number of methoxy groups -OCH3 is 2. The van der Waals surface area contributed by atoms with Crippen LogP contribution in [-0.2, 0) is 12.8 Å². The van der Waals surface area contributed by atoms with E-state index < -0.39 is 6.09 Å². The lowest BCUT2D eigenvalue weighted by molar-refractivity contribution is 0.119. The van der Waals surface area contributed by atoms with Crippen LogP contribution < -0.4 is 9.47 Å². The molecule has 1 amide bonds. The van der Waals surface area contributed by atoms with Gasteiger partial charge >= 0.3 is 6.09 Å². The number of carbonyl (C=O) groups is 1. The Bertz CT molecular complexity index is 1030. The Morgan fingerprint density at radius 1 is 0.967 bits per heavy atom. The molecule has 1 aliphatic rings. The highest BCUT2D eigenvalue weighted by atomic mass is 16.5. The van der Waals surface area contributed by atoms with Crippen molar-refractivity contribution in [2.45, 2.75) is 18.9 Å². The van der Waals surface area contributed by atoms with E-state index in [1.807, 2.05) is 30.3 Å². The molecule has 1 aliphatic heterocycles. The van der Waals surface area contributed by atoms with Crippen molar-refractivity contribution in [1.29, 1.82) is 0 Å². The Balaban J connectivity index is 1.67. The van der Waals surface area contributed by atoms with Gasteiger partial charge in [0.15, 0.2) is 11.5 Å². The van der Waals surface area contributed by atoms with Crippen LogP contribution in [0.3, 0.4) is 0 Å². The Morgan fingerprint density at radius 3 is 2.23 bits per heavy atom. The van der Waals surface area contributed by atoms with Crippen LogP contribution in [-0.4, -0.2) is 36.9 Å². The van der Waals surface area contributed by atoms with E-state index in [0.717, 1.165) is 27.8 Å². The summed E-state index contributed by atoms with van der Waals surface area (Å²) in [6.45, 7) is 0.463. The van der Waals surface area contributed by atoms with E-state index in [1.54, 1.807) is 14.2 Å². The molecule has 1 atom stereocenters. The fourth-order valence-electron chi connectivity index (χ4n) is 4.16. The fraction of sp³-hybridized carbons (Fsp3) is 0.240. The molecule has 3 aromatic carbocycles. The Labute approximate surface area is 176 Å². The molecule has 0 saturated carbocycles. The first-order valence-electron chi connectivity index (χ1n) is 9.99. The minimum absolute atomic E-state index is 0.270. The second-order valence-electron chi connectivity index (χ2n) is 7.41. The molecule has 1 unspecified atom stereocenters. The number of ether oxygens (including phenoxy) is 2. The maximum absolute atomic E-state index is 12.0. The summed E-state index contributed by atoms with van der Waals surface area (Å²) >= 11 is 0. The van der Waals surface area contributed by atoms with Crippen LogP contribution in [0.15, 0.2) is 66.7 Å². The van der Waals surface area contributed by atoms with Crippen molar-refractivity contribution in [3.8, 4) is 22.6 Å². The van der Waals surface area contributed by atoms with Gasteiger partial charge in [-0.25, -0.2) is 4.79 Å². The summed E-state index contributed by atoms with van der Waals surface area (Å²) in [6.07, 6.45) is 0.358. The molecule has 0 bridgehead atoms. The number of carboxylic acid groups (broad SMARTS) is 1. The zero-order valence-corrected chi connectivity index (χ0v) is 17.2. The lowest BCUT2D eigenvalue weighted by atomic mass is 9.88. The summed E-state index contributed by atoms with van der Waals surface area (Å²) < 4.78 is 10.9. The van der Waals surface area contributed by atoms with E-state index in [9.17, 15) is 9.90 Å². The topological polar surface area (TPSA) is 59.0 Å². The largest absolute Gasteiger partial charge is 0.493 e. The van der Waals surface area contributed by atoms with E-state index >= 15 is 0 Å². The highest BCUT2D eigenvalue weighted by Gasteiger charge is 2.32. The molecule has 3 aromatic rings. The first-order chi connectivity index (χ1) is 14.6. The van der Waals surface area contributed by atoms with Crippen LogP contribution in [0.4, 0.5) is 4.79 Å². The van der Waals surface area contributed by atoms with E-state index in [-0.39, 0.29) is 6.04 Å². The van der Waals surface area contributed by atoms with Gasteiger partial charge < -0.3 is 19.5 Å². The molecule has 0 radical (unpaired) electrons. The molecule has 1 heterocycles. The monoisotopic (exact) mass is 403 g/mol. The number of amides is 1. The van der Waals surface area contributed by atoms with Gasteiger partial charge in [0, 0.05) is 6.54 Å². The molecule has 5 nitrogen and oxygen atoms in total. The standard InChI is InChI=1S/C25H25NO4/c1-29-23-15-20-12-13-26(25(27)28)22(21(20)16-24(23)30-2)14-17-8-10-19(11-9-17)18-6-4-3-5-7-18/h3-11,15-16,22H,12-14H2,1-2H3,(H,27,28). The van der Waals surface area contributed by atoms with Crippen LogP contribution in [0, 0.1) is 0 Å². The van der Waals surface area contributed by atoms with Gasteiger partial charge in [-0.15, -0.1) is 0 Å². The summed E-state index contributed by atoms with van der Waals surface area (Å²) in [4.78, 5) is 13.5. The molecule has 0 fully saturated rings. The maximum atomic E-state index is 12.0. The fourth-order valence-corrected chi connectivity index (χ4v) is 4.16. The summed E-state index contributed by atoms with van der Waals surface area (Å²) in [5.74, 6) is 1.29. The van der Waals surface area contributed by atoms with E-state index in [4.69, 9.17) is 9.47 Å². The molecule has 0 spiro atoms. The SMILES string of the molecule is COc1cc2c(cc1OC)C(Cc1ccc(-c3ccccc3)cc1)N(C(=O)O)CC2. The minimum Gasteiger partial charge on any atom is -0.493 e.